The van der Waals surface area contributed by atoms with Crippen molar-refractivity contribution in [2.24, 2.45) is 0 Å². The molecule has 4 aromatic rings. The summed E-state index contributed by atoms with van der Waals surface area (Å²) in [6.45, 7) is 2.10. The molecule has 1 atom stereocenters. The van der Waals surface area contributed by atoms with Crippen molar-refractivity contribution < 1.29 is 0 Å². The van der Waals surface area contributed by atoms with E-state index in [1.165, 1.54) is 6.33 Å². The van der Waals surface area contributed by atoms with Crippen LogP contribution in [0.25, 0.3) is 16.8 Å². The molecule has 0 bridgehead atoms. The summed E-state index contributed by atoms with van der Waals surface area (Å²) in [4.78, 5) is 12.6. The van der Waals surface area contributed by atoms with E-state index in [1.54, 1.807) is 12.3 Å². The smallest absolute Gasteiger partial charge is 0.137 e. The SMILES string of the molecule is C[C@H](Nc1cc(N)ncn1)c1cc2nccn2cc1-c1ccccc1. The molecule has 4 rings (SSSR count). The fraction of sp³-hybridized carbons (Fsp3) is 0.105. The van der Waals surface area contributed by atoms with E-state index in [-0.39, 0.29) is 6.04 Å². The summed E-state index contributed by atoms with van der Waals surface area (Å²) in [5, 5.41) is 3.40. The third kappa shape index (κ3) is 3.01. The number of pyridine rings is 1. The van der Waals surface area contributed by atoms with Crippen molar-refractivity contribution in [1.82, 2.24) is 19.4 Å². The maximum atomic E-state index is 5.75. The number of nitrogens with two attached hydrogens (primary N) is 1. The van der Waals surface area contributed by atoms with Crippen molar-refractivity contribution in [3.8, 4) is 11.1 Å². The Morgan fingerprint density at radius 3 is 2.72 bits per heavy atom. The third-order valence-corrected chi connectivity index (χ3v) is 4.17. The zero-order valence-electron chi connectivity index (χ0n) is 13.8. The number of nitrogens with zero attached hydrogens (tertiary/aromatic N) is 4. The van der Waals surface area contributed by atoms with Crippen molar-refractivity contribution in [1.29, 1.82) is 0 Å². The maximum absolute atomic E-state index is 5.75. The molecular formula is C19H18N6. The van der Waals surface area contributed by atoms with Gasteiger partial charge < -0.3 is 15.5 Å². The molecule has 124 valence electrons. The Kier molecular flexibility index (Phi) is 3.78. The number of nitrogen functional groups attached to an aromatic ring is 1. The summed E-state index contributed by atoms with van der Waals surface area (Å²) >= 11 is 0. The number of hydrogen-bond acceptors (Lipinski definition) is 5. The van der Waals surface area contributed by atoms with Gasteiger partial charge in [0.15, 0.2) is 0 Å². The molecule has 3 N–H and O–H groups in total. The second-order valence-corrected chi connectivity index (χ2v) is 5.90. The van der Waals surface area contributed by atoms with Gasteiger partial charge in [0, 0.05) is 30.2 Å². The van der Waals surface area contributed by atoms with Crippen LogP contribution in [0.4, 0.5) is 11.6 Å². The van der Waals surface area contributed by atoms with Crippen LogP contribution in [0.3, 0.4) is 0 Å². The molecule has 0 spiro atoms. The van der Waals surface area contributed by atoms with E-state index < -0.39 is 0 Å². The largest absolute Gasteiger partial charge is 0.384 e. The van der Waals surface area contributed by atoms with Crippen LogP contribution in [0.5, 0.6) is 0 Å². The lowest BCUT2D eigenvalue weighted by Gasteiger charge is -2.19. The fourth-order valence-electron chi connectivity index (χ4n) is 2.94. The standard InChI is InChI=1S/C19H18N6/c1-13(24-18-10-17(20)22-12-23-18)15-9-19-21-7-8-25(19)11-16(15)14-5-3-2-4-6-14/h2-13H,1H3,(H3,20,22,23,24)/t13-/m0/s1. The van der Waals surface area contributed by atoms with Crippen LogP contribution in [0.2, 0.25) is 0 Å². The molecule has 0 saturated heterocycles. The van der Waals surface area contributed by atoms with Gasteiger partial charge in [0.2, 0.25) is 0 Å². The number of hydrogen-bond donors (Lipinski definition) is 2. The van der Waals surface area contributed by atoms with E-state index in [4.69, 9.17) is 5.73 Å². The number of rotatable bonds is 4. The van der Waals surface area contributed by atoms with Gasteiger partial charge in [-0.25, -0.2) is 15.0 Å². The van der Waals surface area contributed by atoms with Gasteiger partial charge in [0.25, 0.3) is 0 Å². The Bertz CT molecular complexity index is 1010. The van der Waals surface area contributed by atoms with Crippen molar-refractivity contribution in [3.63, 3.8) is 0 Å². The molecule has 0 aliphatic heterocycles. The quantitative estimate of drug-likeness (QED) is 0.598. The van der Waals surface area contributed by atoms with Gasteiger partial charge in [0.05, 0.1) is 6.04 Å². The summed E-state index contributed by atoms with van der Waals surface area (Å²) in [6.07, 6.45) is 7.33. The first kappa shape index (κ1) is 15.1. The lowest BCUT2D eigenvalue weighted by atomic mass is 9.97. The van der Waals surface area contributed by atoms with Crippen LogP contribution < -0.4 is 11.1 Å². The van der Waals surface area contributed by atoms with Gasteiger partial charge >= 0.3 is 0 Å². The van der Waals surface area contributed by atoms with Crippen molar-refractivity contribution in [2.45, 2.75) is 13.0 Å². The Balaban J connectivity index is 1.79. The van der Waals surface area contributed by atoms with Gasteiger partial charge in [-0.1, -0.05) is 30.3 Å². The molecule has 6 nitrogen and oxygen atoms in total. The second kappa shape index (κ2) is 6.24. The van der Waals surface area contributed by atoms with E-state index in [1.807, 2.05) is 28.8 Å². The number of nitrogens with one attached hydrogen (secondary N) is 1. The summed E-state index contributed by atoms with van der Waals surface area (Å²) in [6, 6.07) is 14.2. The second-order valence-electron chi connectivity index (χ2n) is 5.90. The lowest BCUT2D eigenvalue weighted by Crippen LogP contribution is -2.10. The minimum Gasteiger partial charge on any atom is -0.384 e. The fourth-order valence-corrected chi connectivity index (χ4v) is 2.94. The lowest BCUT2D eigenvalue weighted by molar-refractivity contribution is 0.871. The molecule has 0 unspecified atom stereocenters. The van der Waals surface area contributed by atoms with Crippen LogP contribution in [-0.2, 0) is 0 Å². The zero-order valence-corrected chi connectivity index (χ0v) is 13.8. The van der Waals surface area contributed by atoms with Gasteiger partial charge in [0.1, 0.15) is 23.6 Å². The molecule has 0 fully saturated rings. The highest BCUT2D eigenvalue weighted by Gasteiger charge is 2.15. The van der Waals surface area contributed by atoms with E-state index in [9.17, 15) is 0 Å². The number of benzene rings is 1. The molecule has 25 heavy (non-hydrogen) atoms. The normalized spacial score (nSPS) is 12.2. The molecular weight excluding hydrogens is 312 g/mol. The Labute approximate surface area is 145 Å². The van der Waals surface area contributed by atoms with Crippen LogP contribution in [0.1, 0.15) is 18.5 Å². The predicted octanol–water partition coefficient (Wildman–Crippen LogP) is 3.55. The van der Waals surface area contributed by atoms with E-state index >= 15 is 0 Å². The first-order valence-corrected chi connectivity index (χ1v) is 8.07. The number of aromatic nitrogens is 4. The first-order valence-electron chi connectivity index (χ1n) is 8.07. The summed E-state index contributed by atoms with van der Waals surface area (Å²) in [7, 11) is 0. The van der Waals surface area contributed by atoms with Crippen molar-refractivity contribution in [3.05, 3.63) is 72.9 Å². The molecule has 1 aromatic carbocycles. The van der Waals surface area contributed by atoms with Crippen molar-refractivity contribution in [2.75, 3.05) is 11.1 Å². The Morgan fingerprint density at radius 2 is 1.92 bits per heavy atom. The molecule has 3 aromatic heterocycles. The zero-order chi connectivity index (χ0) is 17.2. The van der Waals surface area contributed by atoms with Gasteiger partial charge in [-0.05, 0) is 24.1 Å². The summed E-state index contributed by atoms with van der Waals surface area (Å²) in [5.74, 6) is 1.14. The van der Waals surface area contributed by atoms with Gasteiger partial charge in [-0.15, -0.1) is 0 Å². The van der Waals surface area contributed by atoms with Crippen LogP contribution in [-0.4, -0.2) is 19.4 Å². The van der Waals surface area contributed by atoms with Gasteiger partial charge in [-0.2, -0.15) is 0 Å². The van der Waals surface area contributed by atoms with Crippen LogP contribution in [0.15, 0.2) is 67.4 Å². The minimum absolute atomic E-state index is 0.0196. The average molecular weight is 330 g/mol. The van der Waals surface area contributed by atoms with Gasteiger partial charge in [-0.3, -0.25) is 0 Å². The highest BCUT2D eigenvalue weighted by molar-refractivity contribution is 5.70. The van der Waals surface area contributed by atoms with Crippen molar-refractivity contribution >= 4 is 17.3 Å². The Morgan fingerprint density at radius 1 is 1.08 bits per heavy atom. The third-order valence-electron chi connectivity index (χ3n) is 4.17. The summed E-state index contributed by atoms with van der Waals surface area (Å²) in [5.41, 5.74) is 10.1. The number of imidazole rings is 1. The van der Waals surface area contributed by atoms with E-state index in [2.05, 4.69) is 51.6 Å². The summed E-state index contributed by atoms with van der Waals surface area (Å²) < 4.78 is 2.03. The maximum Gasteiger partial charge on any atom is 0.137 e. The van der Waals surface area contributed by atoms with E-state index in [0.29, 0.717) is 11.6 Å². The van der Waals surface area contributed by atoms with Crippen LogP contribution in [0, 0.1) is 0 Å². The molecule has 0 aliphatic carbocycles. The Hall–Kier alpha value is -3.41. The first-order chi connectivity index (χ1) is 12.2. The number of anilines is 2. The predicted molar refractivity (Wildman–Crippen MR) is 99.1 cm³/mol. The molecule has 0 radical (unpaired) electrons. The average Bonchev–Trinajstić information content (AvgIpc) is 3.09. The van der Waals surface area contributed by atoms with E-state index in [0.717, 1.165) is 22.3 Å². The van der Waals surface area contributed by atoms with Crippen LogP contribution >= 0.6 is 0 Å². The monoisotopic (exact) mass is 330 g/mol. The minimum atomic E-state index is 0.0196. The highest BCUT2D eigenvalue weighted by Crippen LogP contribution is 2.30. The highest BCUT2D eigenvalue weighted by atomic mass is 15.0. The molecule has 0 saturated carbocycles. The molecule has 3 heterocycles. The number of fused-ring (bicyclic) bond motifs is 1. The molecule has 0 amide bonds. The molecule has 0 aliphatic rings. The molecule has 6 heteroatoms. The topological polar surface area (TPSA) is 81.1 Å².